The first-order valence-electron chi connectivity index (χ1n) is 9.82. The van der Waals surface area contributed by atoms with Gasteiger partial charge in [-0.15, -0.1) is 24.0 Å². The second-order valence-corrected chi connectivity index (χ2v) is 6.79. The van der Waals surface area contributed by atoms with E-state index in [0.29, 0.717) is 12.6 Å². The Morgan fingerprint density at radius 3 is 2.69 bits per heavy atom. The SMILES string of the molecule is CN=C(NCCCOc1cccc(OC)c1)NC1CCN(c2ccccc2)C1.I. The quantitative estimate of drug-likeness (QED) is 0.247. The molecule has 1 aliphatic heterocycles. The van der Waals surface area contributed by atoms with E-state index in [1.165, 1.54) is 5.69 Å². The lowest BCUT2D eigenvalue weighted by Gasteiger charge is -2.20. The molecule has 0 radical (unpaired) electrons. The van der Waals surface area contributed by atoms with Crippen LogP contribution >= 0.6 is 24.0 Å². The number of halogens is 1. The van der Waals surface area contributed by atoms with Crippen molar-refractivity contribution in [3.8, 4) is 11.5 Å². The normalized spacial score (nSPS) is 16.1. The van der Waals surface area contributed by atoms with Crippen molar-refractivity contribution in [2.75, 3.05) is 45.3 Å². The molecule has 6 nitrogen and oxygen atoms in total. The van der Waals surface area contributed by atoms with Crippen molar-refractivity contribution in [1.29, 1.82) is 0 Å². The molecule has 158 valence electrons. The molecule has 0 spiro atoms. The molecule has 0 saturated carbocycles. The fourth-order valence-corrected chi connectivity index (χ4v) is 3.30. The monoisotopic (exact) mass is 510 g/mol. The van der Waals surface area contributed by atoms with Gasteiger partial charge in [0.2, 0.25) is 0 Å². The maximum atomic E-state index is 5.77. The van der Waals surface area contributed by atoms with Crippen LogP contribution in [0.1, 0.15) is 12.8 Å². The van der Waals surface area contributed by atoms with Gasteiger partial charge in [0.25, 0.3) is 0 Å². The van der Waals surface area contributed by atoms with Crippen molar-refractivity contribution >= 4 is 35.6 Å². The summed E-state index contributed by atoms with van der Waals surface area (Å²) in [6.45, 7) is 3.50. The molecule has 2 aromatic rings. The fraction of sp³-hybridized carbons (Fsp3) is 0.409. The van der Waals surface area contributed by atoms with Crippen LogP contribution < -0.4 is 25.0 Å². The molecule has 1 aliphatic rings. The summed E-state index contributed by atoms with van der Waals surface area (Å²) in [4.78, 5) is 6.76. The van der Waals surface area contributed by atoms with Gasteiger partial charge in [0, 0.05) is 44.5 Å². The zero-order valence-corrected chi connectivity index (χ0v) is 19.5. The second kappa shape index (κ2) is 12.4. The van der Waals surface area contributed by atoms with E-state index in [2.05, 4.69) is 50.9 Å². The van der Waals surface area contributed by atoms with Crippen LogP contribution in [0, 0.1) is 0 Å². The van der Waals surface area contributed by atoms with Crippen LogP contribution in [0.2, 0.25) is 0 Å². The minimum atomic E-state index is 0. The van der Waals surface area contributed by atoms with Crippen molar-refractivity contribution in [2.45, 2.75) is 18.9 Å². The summed E-state index contributed by atoms with van der Waals surface area (Å²) in [5.74, 6) is 2.48. The number of para-hydroxylation sites is 1. The topological polar surface area (TPSA) is 58.1 Å². The molecule has 1 saturated heterocycles. The predicted molar refractivity (Wildman–Crippen MR) is 130 cm³/mol. The van der Waals surface area contributed by atoms with Crippen LogP contribution in [-0.2, 0) is 0 Å². The molecular weight excluding hydrogens is 479 g/mol. The summed E-state index contributed by atoms with van der Waals surface area (Å²) >= 11 is 0. The first kappa shape index (κ1) is 23.1. The van der Waals surface area contributed by atoms with Gasteiger partial charge in [0.15, 0.2) is 5.96 Å². The molecule has 3 rings (SSSR count). The third kappa shape index (κ3) is 7.30. The van der Waals surface area contributed by atoms with Crippen LogP contribution in [0.15, 0.2) is 59.6 Å². The summed E-state index contributed by atoms with van der Waals surface area (Å²) in [7, 11) is 3.47. The molecule has 2 aromatic carbocycles. The molecule has 1 unspecified atom stereocenters. The molecule has 29 heavy (non-hydrogen) atoms. The third-order valence-electron chi connectivity index (χ3n) is 4.80. The highest BCUT2D eigenvalue weighted by molar-refractivity contribution is 14.0. The molecule has 7 heteroatoms. The molecule has 1 atom stereocenters. The Hall–Kier alpha value is -2.16. The van der Waals surface area contributed by atoms with E-state index in [1.807, 2.05) is 31.3 Å². The maximum absolute atomic E-state index is 5.77. The Morgan fingerprint density at radius 1 is 1.14 bits per heavy atom. The van der Waals surface area contributed by atoms with Crippen LogP contribution in [0.3, 0.4) is 0 Å². The smallest absolute Gasteiger partial charge is 0.191 e. The molecular formula is C22H31IN4O2. The van der Waals surface area contributed by atoms with E-state index in [0.717, 1.165) is 49.9 Å². The lowest BCUT2D eigenvalue weighted by molar-refractivity contribution is 0.308. The number of nitrogens with one attached hydrogen (secondary N) is 2. The molecule has 0 aromatic heterocycles. The lowest BCUT2D eigenvalue weighted by Crippen LogP contribution is -2.45. The van der Waals surface area contributed by atoms with Gasteiger partial charge >= 0.3 is 0 Å². The lowest BCUT2D eigenvalue weighted by atomic mass is 10.3. The van der Waals surface area contributed by atoms with Gasteiger partial charge in [-0.1, -0.05) is 24.3 Å². The number of hydrogen-bond acceptors (Lipinski definition) is 4. The highest BCUT2D eigenvalue weighted by atomic mass is 127. The third-order valence-corrected chi connectivity index (χ3v) is 4.80. The number of methoxy groups -OCH3 is 1. The van der Waals surface area contributed by atoms with Crippen LogP contribution in [0.25, 0.3) is 0 Å². The largest absolute Gasteiger partial charge is 0.497 e. The number of ether oxygens (including phenoxy) is 2. The molecule has 0 amide bonds. The van der Waals surface area contributed by atoms with Gasteiger partial charge in [-0.05, 0) is 37.1 Å². The second-order valence-electron chi connectivity index (χ2n) is 6.79. The van der Waals surface area contributed by atoms with Crippen molar-refractivity contribution in [3.05, 3.63) is 54.6 Å². The number of hydrogen-bond donors (Lipinski definition) is 2. The van der Waals surface area contributed by atoms with Gasteiger partial charge in [-0.3, -0.25) is 4.99 Å². The van der Waals surface area contributed by atoms with Gasteiger partial charge in [-0.2, -0.15) is 0 Å². The highest BCUT2D eigenvalue weighted by Gasteiger charge is 2.23. The Bertz CT molecular complexity index is 757. The van der Waals surface area contributed by atoms with E-state index >= 15 is 0 Å². The van der Waals surface area contributed by atoms with Crippen LogP contribution in [-0.4, -0.2) is 52.4 Å². The van der Waals surface area contributed by atoms with Crippen LogP contribution in [0.5, 0.6) is 11.5 Å². The number of benzene rings is 2. The number of anilines is 1. The number of nitrogens with zero attached hydrogens (tertiary/aromatic N) is 2. The Labute approximate surface area is 190 Å². The maximum Gasteiger partial charge on any atom is 0.191 e. The summed E-state index contributed by atoms with van der Waals surface area (Å²) < 4.78 is 11.0. The first-order valence-corrected chi connectivity index (χ1v) is 9.82. The molecule has 0 bridgehead atoms. The van der Waals surface area contributed by atoms with Crippen LogP contribution in [0.4, 0.5) is 5.69 Å². The van der Waals surface area contributed by atoms with E-state index in [9.17, 15) is 0 Å². The number of aliphatic imine (C=N–C) groups is 1. The summed E-state index contributed by atoms with van der Waals surface area (Å²) in [6, 6.07) is 18.6. The Kier molecular flexibility index (Phi) is 9.90. The Morgan fingerprint density at radius 2 is 1.93 bits per heavy atom. The van der Waals surface area contributed by atoms with Crippen molar-refractivity contribution in [1.82, 2.24) is 10.6 Å². The predicted octanol–water partition coefficient (Wildman–Crippen LogP) is 3.53. The van der Waals surface area contributed by atoms with Gasteiger partial charge < -0.3 is 25.0 Å². The minimum absolute atomic E-state index is 0. The van der Waals surface area contributed by atoms with Gasteiger partial charge in [-0.25, -0.2) is 0 Å². The fourth-order valence-electron chi connectivity index (χ4n) is 3.30. The van der Waals surface area contributed by atoms with Crippen molar-refractivity contribution < 1.29 is 9.47 Å². The zero-order chi connectivity index (χ0) is 19.6. The van der Waals surface area contributed by atoms with E-state index in [4.69, 9.17) is 9.47 Å². The number of rotatable bonds is 8. The zero-order valence-electron chi connectivity index (χ0n) is 17.1. The van der Waals surface area contributed by atoms with E-state index in [-0.39, 0.29) is 24.0 Å². The van der Waals surface area contributed by atoms with E-state index < -0.39 is 0 Å². The average Bonchev–Trinajstić information content (AvgIpc) is 3.22. The summed E-state index contributed by atoms with van der Waals surface area (Å²) in [5.41, 5.74) is 1.28. The van der Waals surface area contributed by atoms with Gasteiger partial charge in [0.05, 0.1) is 13.7 Å². The summed E-state index contributed by atoms with van der Waals surface area (Å²) in [5, 5.41) is 6.90. The van der Waals surface area contributed by atoms with E-state index in [1.54, 1.807) is 7.11 Å². The van der Waals surface area contributed by atoms with Crippen molar-refractivity contribution in [2.24, 2.45) is 4.99 Å². The Balaban J connectivity index is 0.00000300. The first-order chi connectivity index (χ1) is 13.8. The molecule has 1 heterocycles. The minimum Gasteiger partial charge on any atom is -0.497 e. The molecule has 2 N–H and O–H groups in total. The number of guanidine groups is 1. The summed E-state index contributed by atoms with van der Waals surface area (Å²) in [6.07, 6.45) is 1.99. The highest BCUT2D eigenvalue weighted by Crippen LogP contribution is 2.20. The standard InChI is InChI=1S/C22H30N4O2.HI/c1-23-22(24-13-7-15-28-21-11-6-10-20(16-21)27-2)25-18-12-14-26(17-18)19-8-4-3-5-9-19;/h3-6,8-11,16,18H,7,12-15,17H2,1-2H3,(H2,23,24,25);1H. The molecule has 1 fully saturated rings. The van der Waals surface area contributed by atoms with Gasteiger partial charge in [0.1, 0.15) is 11.5 Å². The average molecular weight is 510 g/mol. The molecule has 0 aliphatic carbocycles. The van der Waals surface area contributed by atoms with Crippen molar-refractivity contribution in [3.63, 3.8) is 0 Å².